The van der Waals surface area contributed by atoms with Crippen molar-refractivity contribution in [2.45, 2.75) is 38.5 Å². The summed E-state index contributed by atoms with van der Waals surface area (Å²) in [7, 11) is 0. The Morgan fingerprint density at radius 2 is 2.13 bits per heavy atom. The number of hydrogen-bond acceptors (Lipinski definition) is 2. The average molecular weight is 205 g/mol. The van der Waals surface area contributed by atoms with Crippen LogP contribution >= 0.6 is 0 Å². The standard InChI is InChI=1S/C13H19NO/c1-11-13(2,8-9-15-11)14-10-12-6-4-3-5-7-12/h3-7,11,14H,8-10H2,1-2H3. The number of ether oxygens (including phenoxy) is 1. The van der Waals surface area contributed by atoms with Crippen molar-refractivity contribution in [1.82, 2.24) is 5.32 Å². The number of nitrogens with one attached hydrogen (secondary N) is 1. The molecule has 82 valence electrons. The highest BCUT2D eigenvalue weighted by Gasteiger charge is 2.36. The van der Waals surface area contributed by atoms with Gasteiger partial charge in [-0.05, 0) is 25.8 Å². The summed E-state index contributed by atoms with van der Waals surface area (Å²) in [5.74, 6) is 0. The maximum atomic E-state index is 5.59. The second-order valence-electron chi connectivity index (χ2n) is 4.52. The molecule has 2 atom stereocenters. The van der Waals surface area contributed by atoms with E-state index in [-0.39, 0.29) is 5.54 Å². The fraction of sp³-hybridized carbons (Fsp3) is 0.538. The predicted octanol–water partition coefficient (Wildman–Crippen LogP) is 2.34. The van der Waals surface area contributed by atoms with E-state index in [0.29, 0.717) is 6.10 Å². The van der Waals surface area contributed by atoms with Gasteiger partial charge in [-0.3, -0.25) is 0 Å². The van der Waals surface area contributed by atoms with Gasteiger partial charge in [-0.1, -0.05) is 30.3 Å². The molecule has 2 heteroatoms. The van der Waals surface area contributed by atoms with Gasteiger partial charge in [0.05, 0.1) is 6.10 Å². The van der Waals surface area contributed by atoms with Crippen molar-refractivity contribution in [3.63, 3.8) is 0 Å². The molecule has 0 bridgehead atoms. The van der Waals surface area contributed by atoms with E-state index in [1.807, 2.05) is 6.07 Å². The van der Waals surface area contributed by atoms with E-state index in [0.717, 1.165) is 19.6 Å². The molecule has 1 saturated heterocycles. The minimum Gasteiger partial charge on any atom is -0.377 e. The van der Waals surface area contributed by atoms with Gasteiger partial charge in [0.1, 0.15) is 0 Å². The van der Waals surface area contributed by atoms with Crippen molar-refractivity contribution < 1.29 is 4.74 Å². The van der Waals surface area contributed by atoms with Crippen LogP contribution in [0.3, 0.4) is 0 Å². The largest absolute Gasteiger partial charge is 0.377 e. The molecule has 2 unspecified atom stereocenters. The lowest BCUT2D eigenvalue weighted by atomic mass is 9.94. The van der Waals surface area contributed by atoms with E-state index in [4.69, 9.17) is 4.74 Å². The molecule has 1 heterocycles. The van der Waals surface area contributed by atoms with Gasteiger partial charge in [-0.25, -0.2) is 0 Å². The zero-order valence-corrected chi connectivity index (χ0v) is 9.49. The molecular formula is C13H19NO. The molecule has 1 aliphatic heterocycles. The molecule has 1 N–H and O–H groups in total. The Morgan fingerprint density at radius 3 is 2.73 bits per heavy atom. The van der Waals surface area contributed by atoms with Gasteiger partial charge in [0.25, 0.3) is 0 Å². The fourth-order valence-electron chi connectivity index (χ4n) is 1.97. The summed E-state index contributed by atoms with van der Waals surface area (Å²) in [4.78, 5) is 0. The average Bonchev–Trinajstić information content (AvgIpc) is 2.59. The van der Waals surface area contributed by atoms with E-state index in [1.54, 1.807) is 0 Å². The highest BCUT2D eigenvalue weighted by atomic mass is 16.5. The van der Waals surface area contributed by atoms with Crippen LogP contribution in [0.25, 0.3) is 0 Å². The van der Waals surface area contributed by atoms with Crippen molar-refractivity contribution in [3.8, 4) is 0 Å². The van der Waals surface area contributed by atoms with Crippen LogP contribution in [0.2, 0.25) is 0 Å². The SMILES string of the molecule is CC1OCCC1(C)NCc1ccccc1. The minimum absolute atomic E-state index is 0.135. The fourth-order valence-corrected chi connectivity index (χ4v) is 1.97. The highest BCUT2D eigenvalue weighted by molar-refractivity contribution is 5.15. The third kappa shape index (κ3) is 2.39. The van der Waals surface area contributed by atoms with Crippen LogP contribution in [0.5, 0.6) is 0 Å². The lowest BCUT2D eigenvalue weighted by Crippen LogP contribution is -2.47. The molecular weight excluding hydrogens is 186 g/mol. The molecule has 0 spiro atoms. The van der Waals surface area contributed by atoms with Crippen molar-refractivity contribution in [2.24, 2.45) is 0 Å². The zero-order chi connectivity index (χ0) is 10.7. The van der Waals surface area contributed by atoms with Crippen molar-refractivity contribution in [2.75, 3.05) is 6.61 Å². The molecule has 1 aromatic carbocycles. The molecule has 2 rings (SSSR count). The summed E-state index contributed by atoms with van der Waals surface area (Å²) in [6.45, 7) is 6.18. The van der Waals surface area contributed by atoms with Gasteiger partial charge in [-0.2, -0.15) is 0 Å². The summed E-state index contributed by atoms with van der Waals surface area (Å²) in [5.41, 5.74) is 1.47. The Bertz CT molecular complexity index is 312. The summed E-state index contributed by atoms with van der Waals surface area (Å²) in [6.07, 6.45) is 1.40. The predicted molar refractivity (Wildman–Crippen MR) is 61.7 cm³/mol. The first kappa shape index (κ1) is 10.7. The van der Waals surface area contributed by atoms with Crippen LogP contribution in [0, 0.1) is 0 Å². The van der Waals surface area contributed by atoms with Crippen molar-refractivity contribution >= 4 is 0 Å². The van der Waals surface area contributed by atoms with Crippen LogP contribution < -0.4 is 5.32 Å². The Morgan fingerprint density at radius 1 is 1.40 bits per heavy atom. The second kappa shape index (κ2) is 4.33. The first-order valence-corrected chi connectivity index (χ1v) is 5.61. The summed E-state index contributed by atoms with van der Waals surface area (Å²) in [5, 5.41) is 3.60. The molecule has 1 aliphatic rings. The third-order valence-corrected chi connectivity index (χ3v) is 3.43. The molecule has 1 fully saturated rings. The van der Waals surface area contributed by atoms with Gasteiger partial charge in [-0.15, -0.1) is 0 Å². The zero-order valence-electron chi connectivity index (χ0n) is 9.49. The summed E-state index contributed by atoms with van der Waals surface area (Å²) >= 11 is 0. The van der Waals surface area contributed by atoms with E-state index >= 15 is 0 Å². The quantitative estimate of drug-likeness (QED) is 0.818. The highest BCUT2D eigenvalue weighted by Crippen LogP contribution is 2.25. The number of benzene rings is 1. The summed E-state index contributed by atoms with van der Waals surface area (Å²) in [6, 6.07) is 10.5. The van der Waals surface area contributed by atoms with Crippen LogP contribution in [-0.2, 0) is 11.3 Å². The van der Waals surface area contributed by atoms with E-state index < -0.39 is 0 Å². The van der Waals surface area contributed by atoms with Crippen molar-refractivity contribution in [1.29, 1.82) is 0 Å². The number of rotatable bonds is 3. The molecule has 0 aliphatic carbocycles. The summed E-state index contributed by atoms with van der Waals surface area (Å²) < 4.78 is 5.59. The molecule has 0 saturated carbocycles. The molecule has 0 radical (unpaired) electrons. The maximum absolute atomic E-state index is 5.59. The van der Waals surface area contributed by atoms with Gasteiger partial charge < -0.3 is 10.1 Å². The van der Waals surface area contributed by atoms with E-state index in [1.165, 1.54) is 5.56 Å². The topological polar surface area (TPSA) is 21.3 Å². The third-order valence-electron chi connectivity index (χ3n) is 3.43. The molecule has 2 nitrogen and oxygen atoms in total. The lowest BCUT2D eigenvalue weighted by molar-refractivity contribution is 0.0881. The van der Waals surface area contributed by atoms with Gasteiger partial charge >= 0.3 is 0 Å². The van der Waals surface area contributed by atoms with E-state index in [2.05, 4.69) is 43.4 Å². The number of hydrogen-bond donors (Lipinski definition) is 1. The van der Waals surface area contributed by atoms with Crippen LogP contribution in [0.1, 0.15) is 25.8 Å². The molecule has 1 aromatic rings. The first-order valence-electron chi connectivity index (χ1n) is 5.61. The molecule has 15 heavy (non-hydrogen) atoms. The Balaban J connectivity index is 1.93. The monoisotopic (exact) mass is 205 g/mol. The van der Waals surface area contributed by atoms with Crippen LogP contribution in [0.4, 0.5) is 0 Å². The Hall–Kier alpha value is -0.860. The Labute approximate surface area is 91.6 Å². The van der Waals surface area contributed by atoms with E-state index in [9.17, 15) is 0 Å². The maximum Gasteiger partial charge on any atom is 0.0726 e. The lowest BCUT2D eigenvalue weighted by Gasteiger charge is -2.29. The smallest absolute Gasteiger partial charge is 0.0726 e. The van der Waals surface area contributed by atoms with Crippen molar-refractivity contribution in [3.05, 3.63) is 35.9 Å². The molecule has 0 amide bonds. The normalized spacial score (nSPS) is 30.7. The van der Waals surface area contributed by atoms with Gasteiger partial charge in [0.2, 0.25) is 0 Å². The van der Waals surface area contributed by atoms with Gasteiger partial charge in [0.15, 0.2) is 0 Å². The van der Waals surface area contributed by atoms with Gasteiger partial charge in [0, 0.05) is 18.7 Å². The Kier molecular flexibility index (Phi) is 3.08. The minimum atomic E-state index is 0.135. The second-order valence-corrected chi connectivity index (χ2v) is 4.52. The van der Waals surface area contributed by atoms with Crippen LogP contribution in [-0.4, -0.2) is 18.2 Å². The molecule has 0 aromatic heterocycles. The van der Waals surface area contributed by atoms with Crippen LogP contribution in [0.15, 0.2) is 30.3 Å². The first-order chi connectivity index (χ1) is 7.21.